The molecular weight excluding hydrogens is 320 g/mol. The van der Waals surface area contributed by atoms with Gasteiger partial charge in [0, 0.05) is 10.6 Å². The Bertz CT molecular complexity index is 874. The normalized spacial score (nSPS) is 15.2. The zero-order chi connectivity index (χ0) is 17.3. The molecule has 0 bridgehead atoms. The lowest BCUT2D eigenvalue weighted by Crippen LogP contribution is -2.30. The number of benzene rings is 2. The van der Waals surface area contributed by atoms with Crippen molar-refractivity contribution in [3.8, 4) is 6.07 Å². The van der Waals surface area contributed by atoms with Crippen molar-refractivity contribution in [2.24, 2.45) is 4.99 Å². The molecule has 1 heterocycles. The fraction of sp³-hybridized carbons (Fsp3) is 0.250. The Labute approximate surface area is 146 Å². The number of rotatable bonds is 3. The number of halogens is 1. The predicted octanol–water partition coefficient (Wildman–Crippen LogP) is 4.61. The molecule has 0 aromatic heterocycles. The first kappa shape index (κ1) is 16.4. The lowest BCUT2D eigenvalue weighted by atomic mass is 9.85. The molecule has 24 heavy (non-hydrogen) atoms. The van der Waals surface area contributed by atoms with Gasteiger partial charge < -0.3 is 0 Å². The fourth-order valence-electron chi connectivity index (χ4n) is 3.04. The van der Waals surface area contributed by atoms with E-state index in [4.69, 9.17) is 21.9 Å². The number of Topliss-reactive ketones (excluding diaryl/α,β-unsaturated/α-hetero) is 1. The van der Waals surface area contributed by atoms with Crippen LogP contribution in [0.1, 0.15) is 47.3 Å². The van der Waals surface area contributed by atoms with Crippen LogP contribution in [0.25, 0.3) is 0 Å². The standard InChI is InChI=1S/C20H17ClN2O/c1-20(2)11-15-9-16(21)7-8-17(15)18(23-20)10-19(24)14-5-3-13(12-22)4-6-14/h3-9H,10-11H2,1-2H3. The average Bonchev–Trinajstić information content (AvgIpc) is 2.53. The van der Waals surface area contributed by atoms with Crippen LogP contribution < -0.4 is 0 Å². The summed E-state index contributed by atoms with van der Waals surface area (Å²) in [6, 6.07) is 14.5. The lowest BCUT2D eigenvalue weighted by molar-refractivity contribution is 0.100. The van der Waals surface area contributed by atoms with Gasteiger partial charge in [-0.25, -0.2) is 0 Å². The van der Waals surface area contributed by atoms with Crippen molar-refractivity contribution in [1.29, 1.82) is 5.26 Å². The Hall–Kier alpha value is -2.44. The van der Waals surface area contributed by atoms with Crippen molar-refractivity contribution in [3.63, 3.8) is 0 Å². The maximum absolute atomic E-state index is 12.6. The molecule has 0 aliphatic carbocycles. The van der Waals surface area contributed by atoms with E-state index in [1.807, 2.05) is 18.2 Å². The quantitative estimate of drug-likeness (QED) is 0.768. The first-order valence-electron chi connectivity index (χ1n) is 7.79. The molecule has 0 N–H and O–H groups in total. The SMILES string of the molecule is CC1(C)Cc2cc(Cl)ccc2C(CC(=O)c2ccc(C#N)cc2)=N1. The number of ketones is 1. The minimum Gasteiger partial charge on any atom is -0.294 e. The second-order valence-electron chi connectivity index (χ2n) is 6.64. The second kappa shape index (κ2) is 6.22. The maximum atomic E-state index is 12.6. The third-order valence-corrected chi connectivity index (χ3v) is 4.34. The highest BCUT2D eigenvalue weighted by atomic mass is 35.5. The molecule has 0 spiro atoms. The van der Waals surface area contributed by atoms with Gasteiger partial charge in [0.15, 0.2) is 5.78 Å². The van der Waals surface area contributed by atoms with E-state index < -0.39 is 0 Å². The number of carbonyl (C=O) groups is 1. The fourth-order valence-corrected chi connectivity index (χ4v) is 3.24. The Morgan fingerprint density at radius 3 is 2.62 bits per heavy atom. The highest BCUT2D eigenvalue weighted by Gasteiger charge is 2.28. The van der Waals surface area contributed by atoms with Gasteiger partial charge >= 0.3 is 0 Å². The molecule has 0 atom stereocenters. The molecule has 0 fully saturated rings. The van der Waals surface area contributed by atoms with Gasteiger partial charge in [-0.15, -0.1) is 0 Å². The molecule has 0 unspecified atom stereocenters. The van der Waals surface area contributed by atoms with Crippen LogP contribution in [0.4, 0.5) is 0 Å². The topological polar surface area (TPSA) is 53.2 Å². The third kappa shape index (κ3) is 3.39. The van der Waals surface area contributed by atoms with Crippen molar-refractivity contribution < 1.29 is 4.79 Å². The molecule has 3 rings (SSSR count). The molecule has 0 amide bonds. The summed E-state index contributed by atoms with van der Waals surface area (Å²) in [4.78, 5) is 17.4. The molecule has 0 radical (unpaired) electrons. The summed E-state index contributed by atoms with van der Waals surface area (Å²) in [5.41, 5.74) is 3.81. The van der Waals surface area contributed by atoms with E-state index in [0.29, 0.717) is 16.1 Å². The molecule has 1 aliphatic heterocycles. The number of nitrogens with zero attached hydrogens (tertiary/aromatic N) is 2. The van der Waals surface area contributed by atoms with Gasteiger partial charge in [0.25, 0.3) is 0 Å². The van der Waals surface area contributed by atoms with Crippen molar-refractivity contribution in [2.45, 2.75) is 32.2 Å². The van der Waals surface area contributed by atoms with E-state index >= 15 is 0 Å². The number of carbonyl (C=O) groups excluding carboxylic acids is 1. The lowest BCUT2D eigenvalue weighted by Gasteiger charge is -2.29. The second-order valence-corrected chi connectivity index (χ2v) is 7.07. The summed E-state index contributed by atoms with van der Waals surface area (Å²) in [6.07, 6.45) is 1.04. The Morgan fingerprint density at radius 2 is 1.96 bits per heavy atom. The highest BCUT2D eigenvalue weighted by molar-refractivity contribution is 6.31. The maximum Gasteiger partial charge on any atom is 0.168 e. The zero-order valence-electron chi connectivity index (χ0n) is 13.6. The van der Waals surface area contributed by atoms with E-state index in [-0.39, 0.29) is 17.7 Å². The van der Waals surface area contributed by atoms with Crippen LogP contribution in [0.2, 0.25) is 5.02 Å². The minimum absolute atomic E-state index is 0.00293. The first-order valence-corrected chi connectivity index (χ1v) is 8.17. The summed E-state index contributed by atoms with van der Waals surface area (Å²) in [7, 11) is 0. The summed E-state index contributed by atoms with van der Waals surface area (Å²) >= 11 is 6.11. The summed E-state index contributed by atoms with van der Waals surface area (Å²) in [6.45, 7) is 4.12. The smallest absolute Gasteiger partial charge is 0.168 e. The molecule has 2 aromatic rings. The van der Waals surface area contributed by atoms with Crippen LogP contribution in [0.5, 0.6) is 0 Å². The van der Waals surface area contributed by atoms with Gasteiger partial charge in [-0.05, 0) is 55.7 Å². The van der Waals surface area contributed by atoms with Gasteiger partial charge in [0.2, 0.25) is 0 Å². The molecule has 2 aromatic carbocycles. The Morgan fingerprint density at radius 1 is 1.25 bits per heavy atom. The van der Waals surface area contributed by atoms with Crippen molar-refractivity contribution in [1.82, 2.24) is 0 Å². The van der Waals surface area contributed by atoms with Crippen LogP contribution in [-0.2, 0) is 6.42 Å². The van der Waals surface area contributed by atoms with Crippen LogP contribution in [0.3, 0.4) is 0 Å². The molecular formula is C20H17ClN2O. The van der Waals surface area contributed by atoms with E-state index in [1.165, 1.54) is 0 Å². The number of fused-ring (bicyclic) bond motifs is 1. The number of aliphatic imine (C=N–C) groups is 1. The Balaban J connectivity index is 1.91. The predicted molar refractivity (Wildman–Crippen MR) is 95.9 cm³/mol. The summed E-state index contributed by atoms with van der Waals surface area (Å²) in [5.74, 6) is -0.00293. The first-order chi connectivity index (χ1) is 11.4. The largest absolute Gasteiger partial charge is 0.294 e. The number of hydrogen-bond donors (Lipinski definition) is 0. The van der Waals surface area contributed by atoms with Crippen molar-refractivity contribution in [3.05, 3.63) is 69.7 Å². The summed E-state index contributed by atoms with van der Waals surface area (Å²) in [5, 5.41) is 9.55. The van der Waals surface area contributed by atoms with E-state index in [2.05, 4.69) is 19.9 Å². The van der Waals surface area contributed by atoms with E-state index in [1.54, 1.807) is 24.3 Å². The third-order valence-electron chi connectivity index (χ3n) is 4.10. The summed E-state index contributed by atoms with van der Waals surface area (Å²) < 4.78 is 0. The molecule has 4 heteroatoms. The van der Waals surface area contributed by atoms with Gasteiger partial charge in [-0.2, -0.15) is 5.26 Å². The highest BCUT2D eigenvalue weighted by Crippen LogP contribution is 2.30. The van der Waals surface area contributed by atoms with Gasteiger partial charge in [0.05, 0.1) is 29.3 Å². The van der Waals surface area contributed by atoms with Crippen LogP contribution in [-0.4, -0.2) is 17.0 Å². The average molecular weight is 337 g/mol. The number of hydrogen-bond acceptors (Lipinski definition) is 3. The van der Waals surface area contributed by atoms with Gasteiger partial charge in [-0.3, -0.25) is 9.79 Å². The van der Waals surface area contributed by atoms with Crippen molar-refractivity contribution in [2.75, 3.05) is 0 Å². The van der Waals surface area contributed by atoms with Crippen LogP contribution in [0.15, 0.2) is 47.5 Å². The molecule has 0 saturated heterocycles. The molecule has 120 valence electrons. The molecule has 1 aliphatic rings. The number of nitriles is 1. The minimum atomic E-state index is -0.252. The van der Waals surface area contributed by atoms with E-state index in [0.717, 1.165) is 23.3 Å². The van der Waals surface area contributed by atoms with Gasteiger partial charge in [0.1, 0.15) is 0 Å². The van der Waals surface area contributed by atoms with E-state index in [9.17, 15) is 4.79 Å². The van der Waals surface area contributed by atoms with Gasteiger partial charge in [-0.1, -0.05) is 29.8 Å². The van der Waals surface area contributed by atoms with Crippen LogP contribution >= 0.6 is 11.6 Å². The van der Waals surface area contributed by atoms with Crippen LogP contribution in [0, 0.1) is 11.3 Å². The zero-order valence-corrected chi connectivity index (χ0v) is 14.4. The van der Waals surface area contributed by atoms with Crippen molar-refractivity contribution >= 4 is 23.1 Å². The molecule has 3 nitrogen and oxygen atoms in total. The molecule has 0 saturated carbocycles. The Kier molecular flexibility index (Phi) is 4.26. The monoisotopic (exact) mass is 336 g/mol.